The van der Waals surface area contributed by atoms with Crippen molar-refractivity contribution in [3.63, 3.8) is 0 Å². The van der Waals surface area contributed by atoms with Gasteiger partial charge in [-0.1, -0.05) is 6.58 Å². The van der Waals surface area contributed by atoms with Crippen molar-refractivity contribution in [1.82, 2.24) is 10.2 Å². The van der Waals surface area contributed by atoms with Gasteiger partial charge < -0.3 is 25.2 Å². The van der Waals surface area contributed by atoms with Crippen LogP contribution in [0.15, 0.2) is 24.2 Å². The number of aliphatic hydroxyl groups is 2. The maximum Gasteiger partial charge on any atom is 0.253 e. The smallest absolute Gasteiger partial charge is 0.253 e. The van der Waals surface area contributed by atoms with Crippen LogP contribution in [0.4, 0.5) is 0 Å². The molecule has 7 heteroatoms. The second-order valence-electron chi connectivity index (χ2n) is 6.61. The third-order valence-corrected chi connectivity index (χ3v) is 5.36. The second kappa shape index (κ2) is 6.20. The van der Waals surface area contributed by atoms with Crippen molar-refractivity contribution in [3.8, 4) is 0 Å². The summed E-state index contributed by atoms with van der Waals surface area (Å²) in [6.45, 7) is 8.46. The monoisotopic (exact) mass is 328 g/mol. The molecule has 0 aromatic heterocycles. The van der Waals surface area contributed by atoms with E-state index in [1.807, 2.05) is 0 Å². The second-order valence-corrected chi connectivity index (χ2v) is 10.9. The highest BCUT2D eigenvalue weighted by Gasteiger charge is 2.46. The van der Waals surface area contributed by atoms with Gasteiger partial charge in [0.25, 0.3) is 5.91 Å². The average molecular weight is 328 g/mol. The standard InChI is InChI=1S/C15H25N2O4P/c1-9-8-17(10(2)16-14(9)20)15-13(19)12(18)11(21-15)6-7-22(3,4)5/h8,11-13,15,18-19H,2-3,6-7H2,1,4-5H3,(H,16,20)/t11-,12-,13-,15-/m1/s1. The summed E-state index contributed by atoms with van der Waals surface area (Å²) in [6.07, 6.45) is 4.03. The molecule has 0 aromatic rings. The van der Waals surface area contributed by atoms with Crippen LogP contribution in [0.1, 0.15) is 13.3 Å². The molecule has 22 heavy (non-hydrogen) atoms. The summed E-state index contributed by atoms with van der Waals surface area (Å²) in [7, 11) is 0. The molecule has 6 nitrogen and oxygen atoms in total. The largest absolute Gasteiger partial charge is 0.388 e. The first-order valence-electron chi connectivity index (χ1n) is 7.26. The molecule has 2 heterocycles. The van der Waals surface area contributed by atoms with E-state index >= 15 is 0 Å². The third-order valence-electron chi connectivity index (χ3n) is 3.89. The molecule has 0 spiro atoms. The zero-order chi connectivity index (χ0) is 16.7. The molecule has 1 amide bonds. The Morgan fingerprint density at radius 3 is 2.64 bits per heavy atom. The van der Waals surface area contributed by atoms with Crippen molar-refractivity contribution in [3.05, 3.63) is 24.2 Å². The van der Waals surface area contributed by atoms with Crippen LogP contribution in [0.2, 0.25) is 0 Å². The highest BCUT2D eigenvalue weighted by molar-refractivity contribution is 7.72. The van der Waals surface area contributed by atoms with Gasteiger partial charge in [-0.05, 0) is 32.8 Å². The predicted octanol–water partition coefficient (Wildman–Crippen LogP) is 0.339. The normalized spacial score (nSPS) is 33.0. The average Bonchev–Trinajstić information content (AvgIpc) is 2.68. The molecule has 3 N–H and O–H groups in total. The summed E-state index contributed by atoms with van der Waals surface area (Å²) in [5.74, 6) is 0.104. The maximum absolute atomic E-state index is 11.6. The fourth-order valence-electron chi connectivity index (χ4n) is 2.54. The fraction of sp³-hybridized carbons (Fsp3) is 0.600. The van der Waals surface area contributed by atoms with Gasteiger partial charge in [-0.25, -0.2) is 0 Å². The van der Waals surface area contributed by atoms with Crippen LogP contribution in [0.5, 0.6) is 0 Å². The topological polar surface area (TPSA) is 82.0 Å². The Bertz CT molecular complexity index is 554. The summed E-state index contributed by atoms with van der Waals surface area (Å²) in [6, 6.07) is 0. The molecule has 0 aliphatic carbocycles. The number of hydrogen-bond acceptors (Lipinski definition) is 5. The van der Waals surface area contributed by atoms with Crippen LogP contribution >= 0.6 is 6.89 Å². The molecule has 1 fully saturated rings. The number of carbonyl (C=O) groups is 1. The molecule has 0 unspecified atom stereocenters. The Labute approximate surface area is 131 Å². The lowest BCUT2D eigenvalue weighted by atomic mass is 10.1. The van der Waals surface area contributed by atoms with Crippen LogP contribution < -0.4 is 5.32 Å². The lowest BCUT2D eigenvalue weighted by Crippen LogP contribution is -2.47. The first-order valence-corrected chi connectivity index (χ1v) is 10.3. The van der Waals surface area contributed by atoms with Crippen LogP contribution in [0, 0.1) is 0 Å². The van der Waals surface area contributed by atoms with Crippen molar-refractivity contribution in [2.24, 2.45) is 0 Å². The SMILES string of the molecule is C=C1NC(=O)C(C)=CN1[C@@H]1O[C@H](CCP(=C)(C)C)[C@@H](O)[C@H]1O. The zero-order valence-electron chi connectivity index (χ0n) is 13.3. The molecule has 124 valence electrons. The molecule has 1 saturated heterocycles. The van der Waals surface area contributed by atoms with E-state index in [4.69, 9.17) is 4.74 Å². The van der Waals surface area contributed by atoms with Crippen molar-refractivity contribution >= 4 is 19.1 Å². The minimum atomic E-state index is -1.22. The summed E-state index contributed by atoms with van der Waals surface area (Å²) >= 11 is 0. The zero-order valence-corrected chi connectivity index (χ0v) is 14.2. The van der Waals surface area contributed by atoms with Gasteiger partial charge in [-0.15, -0.1) is 13.2 Å². The van der Waals surface area contributed by atoms with Crippen LogP contribution in [0.3, 0.4) is 0 Å². The van der Waals surface area contributed by atoms with E-state index in [-0.39, 0.29) is 5.91 Å². The van der Waals surface area contributed by atoms with E-state index in [2.05, 4.69) is 31.5 Å². The Balaban J connectivity index is 2.11. The Kier molecular flexibility index (Phi) is 4.87. The Morgan fingerprint density at radius 1 is 1.41 bits per heavy atom. The summed E-state index contributed by atoms with van der Waals surface area (Å²) in [5, 5.41) is 23.1. The van der Waals surface area contributed by atoms with E-state index in [1.54, 1.807) is 18.0 Å². The number of carbonyl (C=O) groups excluding carboxylic acids is 1. The summed E-state index contributed by atoms with van der Waals surface area (Å²) < 4.78 is 5.83. The van der Waals surface area contributed by atoms with Gasteiger partial charge in [0.05, 0.1) is 6.10 Å². The minimum Gasteiger partial charge on any atom is -0.388 e. The van der Waals surface area contributed by atoms with Gasteiger partial charge in [-0.3, -0.25) is 4.79 Å². The quantitative estimate of drug-likeness (QED) is 0.648. The minimum absolute atomic E-state index is 0.227. The molecule has 0 radical (unpaired) electrons. The van der Waals surface area contributed by atoms with Gasteiger partial charge >= 0.3 is 0 Å². The number of amides is 1. The van der Waals surface area contributed by atoms with Crippen LogP contribution in [0.25, 0.3) is 0 Å². The number of nitrogens with one attached hydrogen (secondary N) is 1. The van der Waals surface area contributed by atoms with Crippen molar-refractivity contribution in [2.45, 2.75) is 37.9 Å². The molecular formula is C15H25N2O4P. The molecule has 2 rings (SSSR count). The van der Waals surface area contributed by atoms with E-state index in [0.717, 1.165) is 6.16 Å². The molecule has 0 saturated carbocycles. The number of ether oxygens (including phenoxy) is 1. The molecule has 4 atom stereocenters. The lowest BCUT2D eigenvalue weighted by molar-refractivity contribution is -0.119. The lowest BCUT2D eigenvalue weighted by Gasteiger charge is -2.34. The molecule has 2 aliphatic heterocycles. The molecule has 0 aromatic carbocycles. The molecule has 0 bridgehead atoms. The number of aliphatic hydroxyl groups excluding tert-OH is 2. The van der Waals surface area contributed by atoms with Crippen LogP contribution in [-0.4, -0.2) is 71.4 Å². The van der Waals surface area contributed by atoms with E-state index in [0.29, 0.717) is 17.8 Å². The fourth-order valence-corrected chi connectivity index (χ4v) is 3.49. The van der Waals surface area contributed by atoms with E-state index in [9.17, 15) is 15.0 Å². The Hall–Kier alpha value is -1.07. The van der Waals surface area contributed by atoms with E-state index in [1.165, 1.54) is 0 Å². The molecular weight excluding hydrogens is 303 g/mol. The van der Waals surface area contributed by atoms with Gasteiger partial charge in [0, 0.05) is 11.8 Å². The number of hydrogen-bond donors (Lipinski definition) is 3. The van der Waals surface area contributed by atoms with Crippen molar-refractivity contribution in [2.75, 3.05) is 19.5 Å². The third kappa shape index (κ3) is 3.63. The first kappa shape index (κ1) is 17.3. The number of nitrogens with zero attached hydrogens (tertiary/aromatic N) is 1. The highest BCUT2D eigenvalue weighted by atomic mass is 31.2. The first-order chi connectivity index (χ1) is 10.1. The van der Waals surface area contributed by atoms with Crippen molar-refractivity contribution < 1.29 is 19.7 Å². The van der Waals surface area contributed by atoms with Gasteiger partial charge in [0.1, 0.15) is 18.0 Å². The predicted molar refractivity (Wildman–Crippen MR) is 88.9 cm³/mol. The summed E-state index contributed by atoms with van der Waals surface area (Å²) in [4.78, 5) is 13.1. The van der Waals surface area contributed by atoms with Crippen molar-refractivity contribution in [1.29, 1.82) is 0 Å². The highest BCUT2D eigenvalue weighted by Crippen LogP contribution is 2.38. The molecule has 2 aliphatic rings. The van der Waals surface area contributed by atoms with E-state index < -0.39 is 31.4 Å². The Morgan fingerprint density at radius 2 is 2.05 bits per heavy atom. The summed E-state index contributed by atoms with van der Waals surface area (Å²) in [5.41, 5.74) is 0.492. The van der Waals surface area contributed by atoms with Crippen LogP contribution in [-0.2, 0) is 9.53 Å². The maximum atomic E-state index is 11.6. The number of rotatable bonds is 4. The van der Waals surface area contributed by atoms with Gasteiger partial charge in [-0.2, -0.15) is 0 Å². The van der Waals surface area contributed by atoms with Gasteiger partial charge in [0.2, 0.25) is 0 Å². The van der Waals surface area contributed by atoms with Gasteiger partial charge in [0.15, 0.2) is 6.23 Å².